The smallest absolute Gasteiger partial charge is 0.190 e. The topological polar surface area (TPSA) is 82.3 Å². The third kappa shape index (κ3) is 3.30. The minimum atomic E-state index is -3.29. The van der Waals surface area contributed by atoms with Crippen LogP contribution in [0.15, 0.2) is 59.9 Å². The first kappa shape index (κ1) is 20.0. The second-order valence-corrected chi connectivity index (χ2v) is 9.43. The monoisotopic (exact) mass is 436 g/mol. The molecular formula is C22H17ClN4O2S. The third-order valence-electron chi connectivity index (χ3n) is 4.98. The molecule has 8 heteroatoms. The average molecular weight is 437 g/mol. The van der Waals surface area contributed by atoms with E-state index in [1.54, 1.807) is 30.5 Å². The molecule has 0 aliphatic rings. The predicted octanol–water partition coefficient (Wildman–Crippen LogP) is 5.19. The first-order chi connectivity index (χ1) is 14.2. The van der Waals surface area contributed by atoms with E-state index in [1.807, 2.05) is 29.8 Å². The summed E-state index contributed by atoms with van der Waals surface area (Å²) in [6, 6.07) is 10.4. The summed E-state index contributed by atoms with van der Waals surface area (Å²) in [4.78, 5) is 8.03. The summed E-state index contributed by atoms with van der Waals surface area (Å²) in [5.74, 6) is 0. The Morgan fingerprint density at radius 1 is 1.13 bits per heavy atom. The summed E-state index contributed by atoms with van der Waals surface area (Å²) in [6.45, 7) is 9.35. The van der Waals surface area contributed by atoms with E-state index in [2.05, 4.69) is 9.83 Å². The van der Waals surface area contributed by atoms with Crippen molar-refractivity contribution in [2.24, 2.45) is 0 Å². The summed E-state index contributed by atoms with van der Waals surface area (Å²) < 4.78 is 25.5. The Kier molecular flexibility index (Phi) is 4.77. The van der Waals surface area contributed by atoms with Crippen molar-refractivity contribution >= 4 is 43.7 Å². The van der Waals surface area contributed by atoms with Gasteiger partial charge in [0, 0.05) is 35.5 Å². The number of hydrogen-bond donors (Lipinski definition) is 1. The van der Waals surface area contributed by atoms with Crippen LogP contribution in [0.4, 0.5) is 11.4 Å². The Labute approximate surface area is 179 Å². The fraction of sp³-hybridized carbons (Fsp3) is 0.0909. The van der Waals surface area contributed by atoms with Gasteiger partial charge in [-0.15, -0.1) is 0 Å². The first-order valence-electron chi connectivity index (χ1n) is 8.93. The van der Waals surface area contributed by atoms with Gasteiger partial charge in [0.2, 0.25) is 0 Å². The number of aryl methyl sites for hydroxylation is 1. The average Bonchev–Trinajstić information content (AvgIpc) is 3.07. The van der Waals surface area contributed by atoms with E-state index in [4.69, 9.17) is 23.9 Å². The van der Waals surface area contributed by atoms with Gasteiger partial charge in [-0.2, -0.15) is 0 Å². The molecule has 0 amide bonds. The van der Waals surface area contributed by atoms with Crippen molar-refractivity contribution in [3.05, 3.63) is 77.0 Å². The van der Waals surface area contributed by atoms with Crippen molar-refractivity contribution in [2.75, 3.05) is 12.0 Å². The zero-order valence-electron chi connectivity index (χ0n) is 16.2. The molecule has 2 aromatic heterocycles. The highest BCUT2D eigenvalue weighted by Crippen LogP contribution is 2.40. The van der Waals surface area contributed by atoms with Crippen LogP contribution in [0.25, 0.3) is 32.6 Å². The number of nitrogens with zero attached hydrogens (tertiary/aromatic N) is 3. The summed E-state index contributed by atoms with van der Waals surface area (Å²) in [6.07, 6.45) is 6.20. The number of aromatic nitrogens is 2. The number of sulfone groups is 1. The van der Waals surface area contributed by atoms with E-state index in [9.17, 15) is 8.42 Å². The van der Waals surface area contributed by atoms with Gasteiger partial charge in [0.1, 0.15) is 0 Å². The van der Waals surface area contributed by atoms with Crippen LogP contribution in [0.5, 0.6) is 0 Å². The number of nitrogen functional groups attached to an aromatic ring is 1. The summed E-state index contributed by atoms with van der Waals surface area (Å²) in [7, 11) is -3.29. The van der Waals surface area contributed by atoms with E-state index in [1.165, 1.54) is 12.5 Å². The fourth-order valence-electron chi connectivity index (χ4n) is 3.42. The number of anilines is 1. The van der Waals surface area contributed by atoms with Gasteiger partial charge >= 0.3 is 0 Å². The van der Waals surface area contributed by atoms with Crippen molar-refractivity contribution in [1.29, 1.82) is 0 Å². The molecule has 0 fully saturated rings. The van der Waals surface area contributed by atoms with Crippen LogP contribution in [0.2, 0.25) is 5.02 Å². The zero-order chi connectivity index (χ0) is 21.6. The SMILES string of the molecule is [C-]#[N+]c1cc2c(-c3cncc(N)c3Cl)cn(-c3ccc(S(C)(=O)=O)cc3)c2cc1C. The molecule has 0 spiro atoms. The maximum Gasteiger partial charge on any atom is 0.190 e. The van der Waals surface area contributed by atoms with E-state index in [0.29, 0.717) is 22.0 Å². The van der Waals surface area contributed by atoms with Gasteiger partial charge in [-0.05, 0) is 54.3 Å². The van der Waals surface area contributed by atoms with Gasteiger partial charge in [0.05, 0.1) is 33.9 Å². The lowest BCUT2D eigenvalue weighted by Gasteiger charge is -2.08. The standard InChI is InChI=1S/C22H17ClN4O2S/c1-13-8-21-16(9-20(13)25-2)18(17-10-26-11-19(24)22(17)23)12-27(21)14-4-6-15(7-5-14)30(3,28)29/h4-12H,24H2,1,3H3. The van der Waals surface area contributed by atoms with Crippen LogP contribution in [0, 0.1) is 13.5 Å². The van der Waals surface area contributed by atoms with Gasteiger partial charge in [-0.25, -0.2) is 13.3 Å². The number of nitrogens with two attached hydrogens (primary N) is 1. The highest BCUT2D eigenvalue weighted by molar-refractivity contribution is 7.90. The number of fused-ring (bicyclic) bond motifs is 1. The van der Waals surface area contributed by atoms with Gasteiger partial charge in [-0.1, -0.05) is 11.6 Å². The molecule has 0 unspecified atom stereocenters. The largest absolute Gasteiger partial charge is 0.396 e. The number of hydrogen-bond acceptors (Lipinski definition) is 4. The number of pyridine rings is 1. The van der Waals surface area contributed by atoms with Crippen molar-refractivity contribution < 1.29 is 8.42 Å². The molecule has 0 saturated heterocycles. The van der Waals surface area contributed by atoms with Crippen LogP contribution in [0.3, 0.4) is 0 Å². The Bertz CT molecular complexity index is 1450. The van der Waals surface area contributed by atoms with E-state index < -0.39 is 9.84 Å². The number of rotatable bonds is 3. The zero-order valence-corrected chi connectivity index (χ0v) is 17.8. The van der Waals surface area contributed by atoms with Crippen molar-refractivity contribution in [3.8, 4) is 16.8 Å². The van der Waals surface area contributed by atoms with Crippen LogP contribution in [0.1, 0.15) is 5.56 Å². The number of halogens is 1. The second kappa shape index (κ2) is 7.17. The highest BCUT2D eigenvalue weighted by atomic mass is 35.5. The van der Waals surface area contributed by atoms with Crippen LogP contribution in [-0.2, 0) is 9.84 Å². The second-order valence-electron chi connectivity index (χ2n) is 7.04. The predicted molar refractivity (Wildman–Crippen MR) is 120 cm³/mol. The highest BCUT2D eigenvalue weighted by Gasteiger charge is 2.17. The first-order valence-corrected chi connectivity index (χ1v) is 11.2. The molecule has 30 heavy (non-hydrogen) atoms. The molecule has 0 atom stereocenters. The summed E-state index contributed by atoms with van der Waals surface area (Å²) in [5.41, 5.74) is 10.8. The molecule has 4 rings (SSSR count). The molecule has 0 saturated carbocycles. The molecule has 0 aliphatic heterocycles. The lowest BCUT2D eigenvalue weighted by Crippen LogP contribution is -1.98. The molecule has 2 N–H and O–H groups in total. The molecule has 4 aromatic rings. The van der Waals surface area contributed by atoms with Crippen LogP contribution < -0.4 is 5.73 Å². The number of benzene rings is 2. The molecule has 0 radical (unpaired) electrons. The molecule has 0 bridgehead atoms. The third-order valence-corrected chi connectivity index (χ3v) is 6.53. The Morgan fingerprint density at radius 3 is 2.47 bits per heavy atom. The molecular weight excluding hydrogens is 420 g/mol. The van der Waals surface area contributed by atoms with Crippen molar-refractivity contribution in [1.82, 2.24) is 9.55 Å². The molecule has 2 heterocycles. The van der Waals surface area contributed by atoms with E-state index in [0.717, 1.165) is 27.7 Å². The van der Waals surface area contributed by atoms with E-state index >= 15 is 0 Å². The van der Waals surface area contributed by atoms with Gasteiger partial charge in [0.15, 0.2) is 15.5 Å². The summed E-state index contributed by atoms with van der Waals surface area (Å²) >= 11 is 6.46. The Hall–Kier alpha value is -3.34. The Balaban J connectivity index is 2.03. The molecule has 2 aromatic carbocycles. The minimum absolute atomic E-state index is 0.248. The lowest BCUT2D eigenvalue weighted by molar-refractivity contribution is 0.602. The fourth-order valence-corrected chi connectivity index (χ4v) is 4.25. The normalized spacial score (nSPS) is 11.5. The lowest BCUT2D eigenvalue weighted by atomic mass is 10.0. The molecule has 6 nitrogen and oxygen atoms in total. The Morgan fingerprint density at radius 2 is 1.83 bits per heavy atom. The van der Waals surface area contributed by atoms with Crippen molar-refractivity contribution in [3.63, 3.8) is 0 Å². The van der Waals surface area contributed by atoms with E-state index in [-0.39, 0.29) is 4.90 Å². The van der Waals surface area contributed by atoms with Gasteiger partial charge < -0.3 is 10.3 Å². The van der Waals surface area contributed by atoms with Crippen molar-refractivity contribution in [2.45, 2.75) is 11.8 Å². The summed E-state index contributed by atoms with van der Waals surface area (Å²) in [5, 5.41) is 1.22. The maximum atomic E-state index is 11.8. The quantitative estimate of drug-likeness (QED) is 0.448. The molecule has 0 aliphatic carbocycles. The minimum Gasteiger partial charge on any atom is -0.396 e. The van der Waals surface area contributed by atoms with Gasteiger partial charge in [0.25, 0.3) is 0 Å². The van der Waals surface area contributed by atoms with Gasteiger partial charge in [-0.3, -0.25) is 4.98 Å². The van der Waals surface area contributed by atoms with Crippen LogP contribution in [-0.4, -0.2) is 24.2 Å². The van der Waals surface area contributed by atoms with Crippen LogP contribution >= 0.6 is 11.6 Å². The maximum absolute atomic E-state index is 11.8. The molecule has 150 valence electrons.